The SMILES string of the molecule is CCS(=O)(=O)c1cnc(CNc2nc3cnc(-c4c(OC)ncnc4C4CC4)nc3n(CC3CC3)c2=O)nc1. The van der Waals surface area contributed by atoms with E-state index in [4.69, 9.17) is 9.72 Å². The van der Waals surface area contributed by atoms with E-state index in [9.17, 15) is 13.2 Å². The number of sulfone groups is 1. The monoisotopic (exact) mass is 549 g/mol. The molecule has 0 aromatic carbocycles. The molecule has 2 aliphatic carbocycles. The fraction of sp³-hybridized carbons (Fsp3) is 0.440. The molecule has 2 aliphatic rings. The number of nitrogens with zero attached hydrogens (tertiary/aromatic N) is 8. The van der Waals surface area contributed by atoms with Crippen LogP contribution >= 0.6 is 0 Å². The van der Waals surface area contributed by atoms with E-state index in [0.717, 1.165) is 31.4 Å². The van der Waals surface area contributed by atoms with Gasteiger partial charge in [-0.3, -0.25) is 9.36 Å². The first-order valence-electron chi connectivity index (χ1n) is 12.8. The average Bonchev–Trinajstić information content (AvgIpc) is 3.88. The molecular formula is C25H27N9O4S. The van der Waals surface area contributed by atoms with Crippen molar-refractivity contribution in [2.45, 2.75) is 56.5 Å². The van der Waals surface area contributed by atoms with Crippen molar-refractivity contribution in [3.8, 4) is 17.3 Å². The van der Waals surface area contributed by atoms with Gasteiger partial charge in [0, 0.05) is 24.9 Å². The Kier molecular flexibility index (Phi) is 6.41. The topological polar surface area (TPSA) is 168 Å². The zero-order valence-corrected chi connectivity index (χ0v) is 22.3. The molecule has 4 aromatic heterocycles. The molecule has 1 N–H and O–H groups in total. The van der Waals surface area contributed by atoms with Gasteiger partial charge in [-0.15, -0.1) is 0 Å². The molecule has 0 aliphatic heterocycles. The van der Waals surface area contributed by atoms with E-state index in [-0.39, 0.29) is 28.6 Å². The van der Waals surface area contributed by atoms with E-state index in [1.165, 1.54) is 18.7 Å². The van der Waals surface area contributed by atoms with Crippen molar-refractivity contribution < 1.29 is 13.2 Å². The Balaban J connectivity index is 1.36. The molecule has 0 spiro atoms. The highest BCUT2D eigenvalue weighted by atomic mass is 32.2. The molecule has 0 radical (unpaired) electrons. The molecule has 0 bridgehead atoms. The van der Waals surface area contributed by atoms with Crippen molar-refractivity contribution in [3.63, 3.8) is 0 Å². The summed E-state index contributed by atoms with van der Waals surface area (Å²) >= 11 is 0. The number of methoxy groups -OCH3 is 1. The third-order valence-electron chi connectivity index (χ3n) is 6.88. The van der Waals surface area contributed by atoms with Crippen molar-refractivity contribution in [1.29, 1.82) is 0 Å². The van der Waals surface area contributed by atoms with E-state index < -0.39 is 9.84 Å². The second kappa shape index (κ2) is 9.91. The predicted octanol–water partition coefficient (Wildman–Crippen LogP) is 2.14. The molecule has 0 unspecified atom stereocenters. The second-order valence-electron chi connectivity index (χ2n) is 9.73. The van der Waals surface area contributed by atoms with Crippen LogP contribution in [0, 0.1) is 5.92 Å². The summed E-state index contributed by atoms with van der Waals surface area (Å²) in [6.45, 7) is 2.17. The number of rotatable bonds is 10. The number of anilines is 1. The van der Waals surface area contributed by atoms with Crippen molar-refractivity contribution in [2.75, 3.05) is 18.2 Å². The van der Waals surface area contributed by atoms with Crippen LogP contribution in [0.5, 0.6) is 5.88 Å². The first-order valence-corrected chi connectivity index (χ1v) is 14.5. The molecule has 4 heterocycles. The molecule has 13 nitrogen and oxygen atoms in total. The minimum atomic E-state index is -3.40. The maximum atomic E-state index is 13.6. The van der Waals surface area contributed by atoms with Gasteiger partial charge in [0.15, 0.2) is 27.1 Å². The van der Waals surface area contributed by atoms with Crippen LogP contribution in [0.3, 0.4) is 0 Å². The Morgan fingerprint density at radius 2 is 1.79 bits per heavy atom. The van der Waals surface area contributed by atoms with Crippen LogP contribution in [0.4, 0.5) is 5.82 Å². The van der Waals surface area contributed by atoms with Gasteiger partial charge in [0.05, 0.1) is 31.3 Å². The summed E-state index contributed by atoms with van der Waals surface area (Å²) in [5, 5.41) is 3.01. The lowest BCUT2D eigenvalue weighted by Gasteiger charge is -2.14. The fourth-order valence-electron chi connectivity index (χ4n) is 4.34. The number of aromatic nitrogens is 8. The highest BCUT2D eigenvalue weighted by molar-refractivity contribution is 7.91. The molecule has 6 rings (SSSR count). The molecule has 0 saturated heterocycles. The molecule has 202 valence electrons. The van der Waals surface area contributed by atoms with Gasteiger partial charge in [0.1, 0.15) is 28.1 Å². The summed E-state index contributed by atoms with van der Waals surface area (Å²) in [5.41, 5.74) is 2.06. The zero-order chi connectivity index (χ0) is 27.1. The van der Waals surface area contributed by atoms with E-state index in [0.29, 0.717) is 52.6 Å². The largest absolute Gasteiger partial charge is 0.480 e. The van der Waals surface area contributed by atoms with Crippen LogP contribution in [0.25, 0.3) is 22.6 Å². The summed E-state index contributed by atoms with van der Waals surface area (Å²) in [6, 6.07) is 0. The van der Waals surface area contributed by atoms with Crippen molar-refractivity contribution in [3.05, 3.63) is 46.8 Å². The van der Waals surface area contributed by atoms with Crippen LogP contribution in [-0.4, -0.2) is 60.7 Å². The van der Waals surface area contributed by atoms with Gasteiger partial charge >= 0.3 is 0 Å². The Morgan fingerprint density at radius 3 is 2.46 bits per heavy atom. The van der Waals surface area contributed by atoms with E-state index >= 15 is 0 Å². The van der Waals surface area contributed by atoms with Crippen molar-refractivity contribution in [1.82, 2.24) is 39.5 Å². The minimum absolute atomic E-state index is 0.0364. The number of hydrogen-bond donors (Lipinski definition) is 1. The summed E-state index contributed by atoms with van der Waals surface area (Å²) in [4.78, 5) is 44.5. The molecule has 39 heavy (non-hydrogen) atoms. The van der Waals surface area contributed by atoms with Crippen molar-refractivity contribution >= 4 is 26.8 Å². The summed E-state index contributed by atoms with van der Waals surface area (Å²) in [6.07, 6.45) is 9.78. The quantitative estimate of drug-likeness (QED) is 0.306. The van der Waals surface area contributed by atoms with Gasteiger partial charge in [-0.1, -0.05) is 6.92 Å². The summed E-state index contributed by atoms with van der Waals surface area (Å²) in [5.74, 6) is 1.91. The molecule has 4 aromatic rings. The maximum Gasteiger partial charge on any atom is 0.294 e. The molecule has 2 saturated carbocycles. The Morgan fingerprint density at radius 1 is 1.03 bits per heavy atom. The highest BCUT2D eigenvalue weighted by Gasteiger charge is 2.32. The van der Waals surface area contributed by atoms with Gasteiger partial charge in [0.2, 0.25) is 5.88 Å². The third kappa shape index (κ3) is 5.03. The lowest BCUT2D eigenvalue weighted by Crippen LogP contribution is -2.27. The zero-order valence-electron chi connectivity index (χ0n) is 21.5. The van der Waals surface area contributed by atoms with Gasteiger partial charge in [-0.25, -0.2) is 43.3 Å². The van der Waals surface area contributed by atoms with Gasteiger partial charge in [0.25, 0.3) is 5.56 Å². The smallest absolute Gasteiger partial charge is 0.294 e. The van der Waals surface area contributed by atoms with Crippen LogP contribution in [0.1, 0.15) is 50.0 Å². The van der Waals surface area contributed by atoms with Gasteiger partial charge in [-0.2, -0.15) is 0 Å². The Labute approximate surface area is 224 Å². The van der Waals surface area contributed by atoms with E-state index in [2.05, 4.69) is 35.2 Å². The number of ether oxygens (including phenoxy) is 1. The average molecular weight is 550 g/mol. The standard InChI is InChI=1S/C25H27N9O4S/c1-3-39(36,37)16-8-26-18(27-9-16)11-29-22-25(35)34(12-14-4-5-14)23-17(32-22)10-28-21(33-23)19-20(15-6-7-15)30-13-31-24(19)38-2/h8-10,13-15H,3-7,11-12H2,1-2H3,(H,29,32). The number of hydrogen-bond acceptors (Lipinski definition) is 12. The molecule has 0 amide bonds. The van der Waals surface area contributed by atoms with Gasteiger partial charge in [-0.05, 0) is 31.6 Å². The Hall–Kier alpha value is -4.07. The highest BCUT2D eigenvalue weighted by Crippen LogP contribution is 2.44. The lowest BCUT2D eigenvalue weighted by atomic mass is 10.1. The second-order valence-corrected chi connectivity index (χ2v) is 12.0. The minimum Gasteiger partial charge on any atom is -0.480 e. The van der Waals surface area contributed by atoms with Crippen LogP contribution in [-0.2, 0) is 22.9 Å². The van der Waals surface area contributed by atoms with Gasteiger partial charge < -0.3 is 10.1 Å². The first kappa shape index (κ1) is 25.2. The third-order valence-corrected chi connectivity index (χ3v) is 8.57. The van der Waals surface area contributed by atoms with E-state index in [1.54, 1.807) is 24.8 Å². The van der Waals surface area contributed by atoms with E-state index in [1.807, 2.05) is 0 Å². The normalized spacial score (nSPS) is 15.4. The summed E-state index contributed by atoms with van der Waals surface area (Å²) < 4.78 is 31.2. The maximum absolute atomic E-state index is 13.6. The molecule has 0 atom stereocenters. The van der Waals surface area contributed by atoms with Crippen molar-refractivity contribution in [2.24, 2.45) is 5.92 Å². The molecule has 14 heteroatoms. The number of fused-ring (bicyclic) bond motifs is 1. The Bertz CT molecular complexity index is 1720. The summed E-state index contributed by atoms with van der Waals surface area (Å²) in [7, 11) is -1.85. The fourth-order valence-corrected chi connectivity index (χ4v) is 5.10. The first-order chi connectivity index (χ1) is 18.9. The lowest BCUT2D eigenvalue weighted by molar-refractivity contribution is 0.397. The molecular weight excluding hydrogens is 522 g/mol. The van der Waals surface area contributed by atoms with Crippen LogP contribution in [0.2, 0.25) is 0 Å². The number of nitrogens with one attached hydrogen (secondary N) is 1. The van der Waals surface area contributed by atoms with Crippen LogP contribution in [0.15, 0.2) is 34.6 Å². The molecule has 2 fully saturated rings. The van der Waals surface area contributed by atoms with Crippen LogP contribution < -0.4 is 15.6 Å². The predicted molar refractivity (Wildman–Crippen MR) is 141 cm³/mol.